The molecule has 2 N–H and O–H groups in total. The van der Waals surface area contributed by atoms with Crippen molar-refractivity contribution in [1.82, 2.24) is 4.98 Å². The molecule has 0 unspecified atom stereocenters. The summed E-state index contributed by atoms with van der Waals surface area (Å²) >= 11 is 0. The lowest BCUT2D eigenvalue weighted by Gasteiger charge is -2.12. The van der Waals surface area contributed by atoms with Crippen LogP contribution in [0.5, 0.6) is 0 Å². The fraction of sp³-hybridized carbons (Fsp3) is 0.417. The molecule has 0 amide bonds. The van der Waals surface area contributed by atoms with Crippen LogP contribution in [-0.2, 0) is 6.42 Å². The Kier molecular flexibility index (Phi) is 4.91. The lowest BCUT2D eigenvalue weighted by Crippen LogP contribution is -2.15. The Hall–Kier alpha value is -2.05. The number of nitrogens with zero attached hydrogens (tertiary/aromatic N) is 1. The van der Waals surface area contributed by atoms with Crippen LogP contribution in [-0.4, -0.2) is 27.1 Å². The Morgan fingerprint density at radius 1 is 1.32 bits per heavy atom. The van der Waals surface area contributed by atoms with E-state index in [4.69, 9.17) is 10.2 Å². The van der Waals surface area contributed by atoms with Gasteiger partial charge in [0.05, 0.1) is 11.1 Å². The van der Waals surface area contributed by atoms with Gasteiger partial charge in [-0.25, -0.2) is 18.4 Å². The number of carbonyl (C=O) groups is 2. The molecule has 0 aliphatic carbocycles. The molecule has 0 saturated heterocycles. The molecule has 1 aromatic heterocycles. The van der Waals surface area contributed by atoms with E-state index in [1.165, 1.54) is 0 Å². The van der Waals surface area contributed by atoms with Crippen molar-refractivity contribution in [1.29, 1.82) is 0 Å². The number of rotatable bonds is 6. The van der Waals surface area contributed by atoms with Gasteiger partial charge in [-0.2, -0.15) is 0 Å². The molecule has 0 bridgehead atoms. The Labute approximate surface area is 107 Å². The maximum absolute atomic E-state index is 12.7. The summed E-state index contributed by atoms with van der Waals surface area (Å²) in [5.41, 5.74) is -2.01. The van der Waals surface area contributed by atoms with E-state index in [2.05, 4.69) is 4.98 Å². The van der Waals surface area contributed by atoms with Gasteiger partial charge in [0, 0.05) is 6.20 Å². The summed E-state index contributed by atoms with van der Waals surface area (Å²) in [6, 6.07) is 0. The molecule has 104 valence electrons. The third-order valence-corrected chi connectivity index (χ3v) is 2.65. The van der Waals surface area contributed by atoms with E-state index in [1.54, 1.807) is 0 Å². The SMILES string of the molecule is CCCCc1c(C(=O)O)cnc(C(F)F)c1C(=O)O. The zero-order valence-corrected chi connectivity index (χ0v) is 10.2. The second-order valence-corrected chi connectivity index (χ2v) is 3.93. The molecule has 0 fully saturated rings. The van der Waals surface area contributed by atoms with Crippen molar-refractivity contribution in [3.05, 3.63) is 28.6 Å². The molecule has 0 spiro atoms. The molecule has 0 aliphatic rings. The molecular formula is C12H13F2NO4. The molecule has 0 radical (unpaired) electrons. The van der Waals surface area contributed by atoms with Gasteiger partial charge in [0.1, 0.15) is 5.69 Å². The van der Waals surface area contributed by atoms with Gasteiger partial charge in [-0.15, -0.1) is 0 Å². The van der Waals surface area contributed by atoms with Crippen molar-refractivity contribution in [2.75, 3.05) is 0 Å². The topological polar surface area (TPSA) is 87.5 Å². The summed E-state index contributed by atoms with van der Waals surface area (Å²) < 4.78 is 25.5. The number of carboxylic acid groups (broad SMARTS) is 2. The summed E-state index contributed by atoms with van der Waals surface area (Å²) in [5.74, 6) is -2.96. The van der Waals surface area contributed by atoms with Gasteiger partial charge in [0.25, 0.3) is 6.43 Å². The zero-order valence-electron chi connectivity index (χ0n) is 10.2. The van der Waals surface area contributed by atoms with E-state index < -0.39 is 29.6 Å². The highest BCUT2D eigenvalue weighted by molar-refractivity contribution is 5.97. The first-order valence-corrected chi connectivity index (χ1v) is 5.66. The average Bonchev–Trinajstić information content (AvgIpc) is 2.34. The first-order valence-electron chi connectivity index (χ1n) is 5.66. The standard InChI is InChI=1S/C12H13F2NO4/c1-2-3-4-6-7(11(16)17)5-15-9(10(13)14)8(6)12(18)19/h5,10H,2-4H2,1H3,(H,16,17)(H,18,19). The van der Waals surface area contributed by atoms with Crippen LogP contribution in [0.15, 0.2) is 6.20 Å². The second-order valence-electron chi connectivity index (χ2n) is 3.93. The van der Waals surface area contributed by atoms with E-state index >= 15 is 0 Å². The van der Waals surface area contributed by atoms with Gasteiger partial charge in [-0.1, -0.05) is 13.3 Å². The third kappa shape index (κ3) is 3.24. The number of hydrogen-bond donors (Lipinski definition) is 2. The summed E-state index contributed by atoms with van der Waals surface area (Å²) in [6.07, 6.45) is -0.963. The van der Waals surface area contributed by atoms with Gasteiger partial charge in [-0.3, -0.25) is 4.98 Å². The summed E-state index contributed by atoms with van der Waals surface area (Å²) in [5, 5.41) is 18.0. The molecule has 5 nitrogen and oxygen atoms in total. The van der Waals surface area contributed by atoms with Crippen molar-refractivity contribution < 1.29 is 28.6 Å². The van der Waals surface area contributed by atoms with Gasteiger partial charge in [-0.05, 0) is 18.4 Å². The number of alkyl halides is 2. The number of aromatic nitrogens is 1. The number of hydrogen-bond acceptors (Lipinski definition) is 3. The van der Waals surface area contributed by atoms with E-state index in [0.29, 0.717) is 12.8 Å². The monoisotopic (exact) mass is 273 g/mol. The maximum Gasteiger partial charge on any atom is 0.338 e. The minimum Gasteiger partial charge on any atom is -0.478 e. The molecule has 19 heavy (non-hydrogen) atoms. The van der Waals surface area contributed by atoms with Crippen LogP contribution < -0.4 is 0 Å². The molecule has 0 atom stereocenters. The predicted molar refractivity (Wildman–Crippen MR) is 61.7 cm³/mol. The highest BCUT2D eigenvalue weighted by atomic mass is 19.3. The zero-order chi connectivity index (χ0) is 14.6. The minimum absolute atomic E-state index is 0.0906. The van der Waals surface area contributed by atoms with E-state index in [1.807, 2.05) is 6.92 Å². The Morgan fingerprint density at radius 3 is 2.37 bits per heavy atom. The van der Waals surface area contributed by atoms with Crippen LogP contribution in [0.3, 0.4) is 0 Å². The van der Waals surface area contributed by atoms with Crippen LogP contribution in [0.2, 0.25) is 0 Å². The molecule has 7 heteroatoms. The number of aromatic carboxylic acids is 2. The van der Waals surface area contributed by atoms with Crippen LogP contribution >= 0.6 is 0 Å². The quantitative estimate of drug-likeness (QED) is 0.832. The lowest BCUT2D eigenvalue weighted by atomic mass is 9.96. The Bertz CT molecular complexity index is 503. The number of carboxylic acids is 2. The van der Waals surface area contributed by atoms with Gasteiger partial charge >= 0.3 is 11.9 Å². The molecule has 0 saturated carbocycles. The lowest BCUT2D eigenvalue weighted by molar-refractivity contribution is 0.0679. The summed E-state index contributed by atoms with van der Waals surface area (Å²) in [6.45, 7) is 1.83. The minimum atomic E-state index is -3.06. The maximum atomic E-state index is 12.7. The average molecular weight is 273 g/mol. The van der Waals surface area contributed by atoms with Crippen LogP contribution in [0.1, 0.15) is 58.2 Å². The second kappa shape index (κ2) is 6.21. The van der Waals surface area contributed by atoms with E-state index in [0.717, 1.165) is 6.20 Å². The van der Waals surface area contributed by atoms with Crippen LogP contribution in [0.25, 0.3) is 0 Å². The highest BCUT2D eigenvalue weighted by Crippen LogP contribution is 2.27. The molecular weight excluding hydrogens is 260 g/mol. The Morgan fingerprint density at radius 2 is 1.95 bits per heavy atom. The molecule has 1 heterocycles. The fourth-order valence-corrected chi connectivity index (χ4v) is 1.77. The summed E-state index contributed by atoms with van der Waals surface area (Å²) in [4.78, 5) is 25.4. The highest BCUT2D eigenvalue weighted by Gasteiger charge is 2.27. The first kappa shape index (κ1) is 15.0. The molecule has 0 aliphatic heterocycles. The van der Waals surface area contributed by atoms with Crippen molar-refractivity contribution in [2.24, 2.45) is 0 Å². The van der Waals surface area contributed by atoms with Gasteiger partial charge in [0.15, 0.2) is 0 Å². The molecule has 1 rings (SSSR count). The number of halogens is 2. The van der Waals surface area contributed by atoms with Crippen molar-refractivity contribution in [2.45, 2.75) is 32.6 Å². The van der Waals surface area contributed by atoms with Crippen molar-refractivity contribution in [3.8, 4) is 0 Å². The smallest absolute Gasteiger partial charge is 0.338 e. The van der Waals surface area contributed by atoms with E-state index in [9.17, 15) is 18.4 Å². The predicted octanol–water partition coefficient (Wildman–Crippen LogP) is 2.76. The van der Waals surface area contributed by atoms with Gasteiger partial charge < -0.3 is 10.2 Å². The summed E-state index contributed by atoms with van der Waals surface area (Å²) in [7, 11) is 0. The normalized spacial score (nSPS) is 10.7. The third-order valence-electron chi connectivity index (χ3n) is 2.65. The van der Waals surface area contributed by atoms with Crippen molar-refractivity contribution >= 4 is 11.9 Å². The first-order chi connectivity index (χ1) is 8.90. The van der Waals surface area contributed by atoms with Crippen LogP contribution in [0.4, 0.5) is 8.78 Å². The number of unbranched alkanes of at least 4 members (excludes halogenated alkanes) is 1. The van der Waals surface area contributed by atoms with Crippen LogP contribution in [0, 0.1) is 0 Å². The molecule has 1 aromatic rings. The molecule has 0 aromatic carbocycles. The van der Waals surface area contributed by atoms with Gasteiger partial charge in [0.2, 0.25) is 0 Å². The van der Waals surface area contributed by atoms with Crippen molar-refractivity contribution in [3.63, 3.8) is 0 Å². The van der Waals surface area contributed by atoms with E-state index in [-0.39, 0.29) is 17.5 Å². The number of pyridine rings is 1. The largest absolute Gasteiger partial charge is 0.478 e. The fourth-order valence-electron chi connectivity index (χ4n) is 1.77. The Balaban J connectivity index is 3.51.